The summed E-state index contributed by atoms with van der Waals surface area (Å²) in [4.78, 5) is 5.01. The fourth-order valence-electron chi connectivity index (χ4n) is 7.10. The van der Waals surface area contributed by atoms with Crippen LogP contribution in [0.15, 0.2) is 72.9 Å². The van der Waals surface area contributed by atoms with E-state index in [1.54, 1.807) is 0 Å². The molecule has 2 heteroatoms. The Morgan fingerprint density at radius 3 is 2.46 bits per heavy atom. The maximum Gasteiger partial charge on any atom is 0.0823 e. The third-order valence-electron chi connectivity index (χ3n) is 8.62. The lowest BCUT2D eigenvalue weighted by Crippen LogP contribution is -2.01. The third-order valence-corrected chi connectivity index (χ3v) is 8.62. The van der Waals surface area contributed by atoms with Gasteiger partial charge < -0.3 is 4.40 Å². The van der Waals surface area contributed by atoms with E-state index in [0.717, 1.165) is 5.52 Å². The highest BCUT2D eigenvalue weighted by Gasteiger charge is 2.24. The zero-order valence-corrected chi connectivity index (χ0v) is 20.3. The molecule has 0 atom stereocenters. The molecule has 0 radical (unpaired) electrons. The molecule has 0 amide bonds. The van der Waals surface area contributed by atoms with E-state index in [1.807, 2.05) is 6.20 Å². The number of benzene rings is 4. The van der Waals surface area contributed by atoms with Gasteiger partial charge in [0.25, 0.3) is 0 Å². The highest BCUT2D eigenvalue weighted by molar-refractivity contribution is 6.29. The van der Waals surface area contributed by atoms with Gasteiger partial charge in [-0.3, -0.25) is 4.98 Å². The number of nitrogens with zero attached hydrogens (tertiary/aromatic N) is 2. The van der Waals surface area contributed by atoms with Crippen LogP contribution in [0, 0.1) is 0 Å². The Bertz CT molecular complexity index is 1930. The molecule has 1 saturated carbocycles. The summed E-state index contributed by atoms with van der Waals surface area (Å²) in [6.07, 6.45) is 7.34. The standard InChI is InChI=1S/C33H28N2/c1-19(2)29-24-10-6-5-9-23(24)17-27-31-30-21(15-16-34-31)11-14-26-25-13-12-22(20-7-3-4-8-20)18-28(25)35(32(26)30)33(27)29/h5-6,9-20H,3-4,7-8H2,1-2H3. The van der Waals surface area contributed by atoms with Crippen molar-refractivity contribution in [1.29, 1.82) is 0 Å². The zero-order chi connectivity index (χ0) is 23.3. The lowest BCUT2D eigenvalue weighted by Gasteiger charge is -2.19. The number of hydrogen-bond donors (Lipinski definition) is 0. The normalized spacial score (nSPS) is 15.4. The van der Waals surface area contributed by atoms with Gasteiger partial charge in [-0.15, -0.1) is 0 Å². The van der Waals surface area contributed by atoms with Crippen LogP contribution in [0.5, 0.6) is 0 Å². The Morgan fingerprint density at radius 1 is 0.771 bits per heavy atom. The van der Waals surface area contributed by atoms with Crippen molar-refractivity contribution in [3.63, 3.8) is 0 Å². The fourth-order valence-corrected chi connectivity index (χ4v) is 7.10. The largest absolute Gasteiger partial charge is 0.308 e. The van der Waals surface area contributed by atoms with Crippen molar-refractivity contribution in [3.05, 3.63) is 84.1 Å². The minimum atomic E-state index is 0.393. The first-order chi connectivity index (χ1) is 17.2. The SMILES string of the molecule is CC(C)c1c2ccccc2cc2c3nccc4ccc5c6ccc(C7CCCC7)cc6n(c12)c5c43. The van der Waals surface area contributed by atoms with Crippen LogP contribution in [0.25, 0.3) is 59.8 Å². The van der Waals surface area contributed by atoms with E-state index in [4.69, 9.17) is 4.98 Å². The van der Waals surface area contributed by atoms with E-state index in [0.29, 0.717) is 11.8 Å². The van der Waals surface area contributed by atoms with Crippen LogP contribution in [0.2, 0.25) is 0 Å². The number of hydrogen-bond acceptors (Lipinski definition) is 1. The van der Waals surface area contributed by atoms with E-state index < -0.39 is 0 Å². The second kappa shape index (κ2) is 6.95. The summed E-state index contributed by atoms with van der Waals surface area (Å²) in [7, 11) is 0. The van der Waals surface area contributed by atoms with Gasteiger partial charge in [-0.2, -0.15) is 0 Å². The van der Waals surface area contributed by atoms with E-state index in [1.165, 1.54) is 91.1 Å². The van der Waals surface area contributed by atoms with Crippen LogP contribution in [0.4, 0.5) is 0 Å². The lowest BCUT2D eigenvalue weighted by molar-refractivity contribution is 0.724. The van der Waals surface area contributed by atoms with Crippen molar-refractivity contribution in [2.24, 2.45) is 0 Å². The van der Waals surface area contributed by atoms with Gasteiger partial charge in [-0.1, -0.05) is 75.2 Å². The Balaban J connectivity index is 1.70. The highest BCUT2D eigenvalue weighted by atomic mass is 14.9. The van der Waals surface area contributed by atoms with E-state index in [-0.39, 0.29) is 0 Å². The van der Waals surface area contributed by atoms with Crippen LogP contribution < -0.4 is 0 Å². The molecule has 0 unspecified atom stereocenters. The maximum absolute atomic E-state index is 5.01. The van der Waals surface area contributed by atoms with Gasteiger partial charge in [0.05, 0.1) is 22.1 Å². The number of fused-ring (bicyclic) bond motifs is 7. The molecule has 4 aromatic carbocycles. The fraction of sp³-hybridized carbons (Fsp3) is 0.242. The van der Waals surface area contributed by atoms with E-state index in [2.05, 4.69) is 85.0 Å². The Kier molecular flexibility index (Phi) is 3.90. The Hall–Kier alpha value is -3.65. The van der Waals surface area contributed by atoms with Crippen molar-refractivity contribution in [2.75, 3.05) is 0 Å². The first-order valence-corrected chi connectivity index (χ1v) is 13.1. The highest BCUT2D eigenvalue weighted by Crippen LogP contribution is 2.45. The van der Waals surface area contributed by atoms with Crippen molar-refractivity contribution in [3.8, 4) is 0 Å². The molecule has 2 nitrogen and oxygen atoms in total. The third kappa shape index (κ3) is 2.52. The monoisotopic (exact) mass is 452 g/mol. The summed E-state index contributed by atoms with van der Waals surface area (Å²) in [5.74, 6) is 1.09. The Labute approximate surface area is 204 Å². The molecule has 0 aliphatic heterocycles. The van der Waals surface area contributed by atoms with Gasteiger partial charge in [-0.05, 0) is 70.2 Å². The van der Waals surface area contributed by atoms with Crippen molar-refractivity contribution >= 4 is 59.8 Å². The van der Waals surface area contributed by atoms with Gasteiger partial charge in [-0.25, -0.2) is 0 Å². The predicted octanol–water partition coefficient (Wildman–Crippen LogP) is 9.32. The van der Waals surface area contributed by atoms with Crippen LogP contribution in [-0.4, -0.2) is 9.38 Å². The summed E-state index contributed by atoms with van der Waals surface area (Å²) >= 11 is 0. The second-order valence-electron chi connectivity index (χ2n) is 10.9. The topological polar surface area (TPSA) is 17.3 Å². The molecule has 0 bridgehead atoms. The second-order valence-corrected chi connectivity index (χ2v) is 10.9. The van der Waals surface area contributed by atoms with Crippen LogP contribution in [0.3, 0.4) is 0 Å². The van der Waals surface area contributed by atoms with Crippen molar-refractivity contribution in [2.45, 2.75) is 51.4 Å². The van der Waals surface area contributed by atoms with Crippen LogP contribution in [-0.2, 0) is 0 Å². The van der Waals surface area contributed by atoms with Crippen molar-refractivity contribution < 1.29 is 0 Å². The summed E-state index contributed by atoms with van der Waals surface area (Å²) in [6.45, 7) is 4.67. The van der Waals surface area contributed by atoms with Crippen LogP contribution >= 0.6 is 0 Å². The van der Waals surface area contributed by atoms with Crippen molar-refractivity contribution in [1.82, 2.24) is 9.38 Å². The molecule has 1 aliphatic rings. The van der Waals surface area contributed by atoms with Gasteiger partial charge in [0.2, 0.25) is 0 Å². The first-order valence-electron chi connectivity index (χ1n) is 13.1. The molecule has 3 aromatic heterocycles. The van der Waals surface area contributed by atoms with Gasteiger partial charge in [0.1, 0.15) is 0 Å². The molecule has 35 heavy (non-hydrogen) atoms. The van der Waals surface area contributed by atoms with Gasteiger partial charge >= 0.3 is 0 Å². The molecule has 1 aliphatic carbocycles. The molecule has 8 rings (SSSR count). The lowest BCUT2D eigenvalue weighted by atomic mass is 9.91. The average Bonchev–Trinajstić information content (AvgIpc) is 3.53. The Morgan fingerprint density at radius 2 is 1.60 bits per heavy atom. The molecular formula is C33H28N2. The molecular weight excluding hydrogens is 424 g/mol. The summed E-state index contributed by atoms with van der Waals surface area (Å²) in [5.41, 5.74) is 8.08. The minimum Gasteiger partial charge on any atom is -0.308 e. The smallest absolute Gasteiger partial charge is 0.0823 e. The molecule has 0 saturated heterocycles. The molecule has 0 N–H and O–H groups in total. The molecule has 7 aromatic rings. The maximum atomic E-state index is 5.01. The summed E-state index contributed by atoms with van der Waals surface area (Å²) < 4.78 is 2.61. The van der Waals surface area contributed by atoms with Gasteiger partial charge in [0.15, 0.2) is 0 Å². The van der Waals surface area contributed by atoms with E-state index >= 15 is 0 Å². The average molecular weight is 453 g/mol. The summed E-state index contributed by atoms with van der Waals surface area (Å²) in [5, 5.41) is 9.18. The summed E-state index contributed by atoms with van der Waals surface area (Å²) in [6, 6.07) is 25.4. The zero-order valence-electron chi connectivity index (χ0n) is 20.3. The predicted molar refractivity (Wildman–Crippen MR) is 149 cm³/mol. The quantitative estimate of drug-likeness (QED) is 0.189. The van der Waals surface area contributed by atoms with Crippen LogP contribution in [0.1, 0.15) is 62.5 Å². The number of rotatable bonds is 2. The number of aromatic nitrogens is 2. The molecule has 0 spiro atoms. The number of pyridine rings is 2. The molecule has 3 heterocycles. The molecule has 170 valence electrons. The van der Waals surface area contributed by atoms with Gasteiger partial charge in [0, 0.05) is 27.7 Å². The minimum absolute atomic E-state index is 0.393. The van der Waals surface area contributed by atoms with E-state index in [9.17, 15) is 0 Å². The molecule has 1 fully saturated rings. The first kappa shape index (κ1) is 19.6.